The molecule has 19 heavy (non-hydrogen) atoms. The number of hydrogen-bond donors (Lipinski definition) is 2. The molecule has 0 aromatic heterocycles. The molecule has 0 saturated carbocycles. The van der Waals surface area contributed by atoms with E-state index in [-0.39, 0.29) is 11.9 Å². The largest absolute Gasteiger partial charge is 0.493 e. The molecule has 1 amide bonds. The fraction of sp³-hybridized carbons (Fsp3) is 0.533. The quantitative estimate of drug-likeness (QED) is 0.793. The molecule has 0 fully saturated rings. The van der Waals surface area contributed by atoms with E-state index in [4.69, 9.17) is 4.74 Å². The highest BCUT2D eigenvalue weighted by Gasteiger charge is 2.10. The van der Waals surface area contributed by atoms with Crippen molar-refractivity contribution < 1.29 is 9.53 Å². The van der Waals surface area contributed by atoms with Crippen molar-refractivity contribution >= 4 is 5.91 Å². The third-order valence-corrected chi connectivity index (χ3v) is 3.03. The lowest BCUT2D eigenvalue weighted by atomic mass is 10.0. The van der Waals surface area contributed by atoms with Gasteiger partial charge in [-0.25, -0.2) is 0 Å². The number of rotatable bonds is 7. The van der Waals surface area contributed by atoms with Crippen LogP contribution >= 0.6 is 0 Å². The SMILES string of the molecule is CCNC(=O)CCOc1ccc(C)cc1C(C)NC. The van der Waals surface area contributed by atoms with Crippen LogP contribution in [0.3, 0.4) is 0 Å². The van der Waals surface area contributed by atoms with Crippen molar-refractivity contribution in [1.82, 2.24) is 10.6 Å². The van der Waals surface area contributed by atoms with Crippen LogP contribution in [0, 0.1) is 6.92 Å². The van der Waals surface area contributed by atoms with Crippen LogP contribution in [0.2, 0.25) is 0 Å². The van der Waals surface area contributed by atoms with E-state index in [1.54, 1.807) is 0 Å². The summed E-state index contributed by atoms with van der Waals surface area (Å²) in [6.45, 7) is 7.12. The zero-order valence-corrected chi connectivity index (χ0v) is 12.2. The summed E-state index contributed by atoms with van der Waals surface area (Å²) in [5.41, 5.74) is 2.33. The molecule has 0 bridgehead atoms. The topological polar surface area (TPSA) is 50.4 Å². The Morgan fingerprint density at radius 3 is 2.79 bits per heavy atom. The minimum Gasteiger partial charge on any atom is -0.493 e. The van der Waals surface area contributed by atoms with Crippen LogP contribution in [0.1, 0.15) is 37.4 Å². The monoisotopic (exact) mass is 264 g/mol. The van der Waals surface area contributed by atoms with Gasteiger partial charge in [-0.1, -0.05) is 17.7 Å². The average molecular weight is 264 g/mol. The molecular formula is C15H24N2O2. The Morgan fingerprint density at radius 2 is 2.16 bits per heavy atom. The van der Waals surface area contributed by atoms with Gasteiger partial charge in [0.2, 0.25) is 5.91 Å². The maximum atomic E-state index is 11.4. The zero-order valence-electron chi connectivity index (χ0n) is 12.2. The molecule has 106 valence electrons. The lowest BCUT2D eigenvalue weighted by molar-refractivity contribution is -0.121. The minimum atomic E-state index is 0.0258. The number of hydrogen-bond acceptors (Lipinski definition) is 3. The second-order valence-electron chi connectivity index (χ2n) is 4.60. The van der Waals surface area contributed by atoms with Crippen LogP contribution in [0.5, 0.6) is 5.75 Å². The number of nitrogens with one attached hydrogen (secondary N) is 2. The molecule has 1 rings (SSSR count). The van der Waals surface area contributed by atoms with Gasteiger partial charge >= 0.3 is 0 Å². The van der Waals surface area contributed by atoms with E-state index >= 15 is 0 Å². The number of carbonyl (C=O) groups is 1. The van der Waals surface area contributed by atoms with E-state index in [1.165, 1.54) is 5.56 Å². The van der Waals surface area contributed by atoms with Crippen LogP contribution in [-0.4, -0.2) is 26.1 Å². The number of ether oxygens (including phenoxy) is 1. The van der Waals surface area contributed by atoms with Crippen molar-refractivity contribution in [3.8, 4) is 5.75 Å². The number of carbonyl (C=O) groups excluding carboxylic acids is 1. The Kier molecular flexibility index (Phi) is 6.36. The van der Waals surface area contributed by atoms with E-state index in [1.807, 2.05) is 26.1 Å². The highest BCUT2D eigenvalue weighted by molar-refractivity contribution is 5.75. The van der Waals surface area contributed by atoms with Gasteiger partial charge in [0.15, 0.2) is 0 Å². The smallest absolute Gasteiger partial charge is 0.223 e. The van der Waals surface area contributed by atoms with Gasteiger partial charge in [0, 0.05) is 18.2 Å². The Labute approximate surface area is 115 Å². The van der Waals surface area contributed by atoms with Crippen molar-refractivity contribution in [2.45, 2.75) is 33.2 Å². The van der Waals surface area contributed by atoms with Crippen LogP contribution in [0.15, 0.2) is 18.2 Å². The lowest BCUT2D eigenvalue weighted by Crippen LogP contribution is -2.24. The molecule has 0 aliphatic rings. The molecular weight excluding hydrogens is 240 g/mol. The Morgan fingerprint density at radius 1 is 1.42 bits per heavy atom. The summed E-state index contributed by atoms with van der Waals surface area (Å²) in [7, 11) is 1.92. The third-order valence-electron chi connectivity index (χ3n) is 3.03. The summed E-state index contributed by atoms with van der Waals surface area (Å²) in [4.78, 5) is 11.4. The van der Waals surface area contributed by atoms with E-state index in [0.717, 1.165) is 11.3 Å². The fourth-order valence-corrected chi connectivity index (χ4v) is 1.83. The molecule has 4 heteroatoms. The number of amides is 1. The Balaban J connectivity index is 2.64. The van der Waals surface area contributed by atoms with Crippen LogP contribution in [0.25, 0.3) is 0 Å². The van der Waals surface area contributed by atoms with Crippen molar-refractivity contribution in [3.63, 3.8) is 0 Å². The summed E-state index contributed by atoms with van der Waals surface area (Å²) < 4.78 is 5.73. The molecule has 1 aromatic carbocycles. The van der Waals surface area contributed by atoms with Gasteiger partial charge in [-0.05, 0) is 33.9 Å². The zero-order chi connectivity index (χ0) is 14.3. The van der Waals surface area contributed by atoms with E-state index in [0.29, 0.717) is 19.6 Å². The number of benzene rings is 1. The lowest BCUT2D eigenvalue weighted by Gasteiger charge is -2.17. The molecule has 1 unspecified atom stereocenters. The molecule has 1 atom stereocenters. The molecule has 0 aliphatic carbocycles. The highest BCUT2D eigenvalue weighted by Crippen LogP contribution is 2.26. The van der Waals surface area contributed by atoms with Gasteiger partial charge in [-0.3, -0.25) is 4.79 Å². The summed E-state index contributed by atoms with van der Waals surface area (Å²) in [6.07, 6.45) is 0.384. The van der Waals surface area contributed by atoms with Crippen molar-refractivity contribution in [2.75, 3.05) is 20.2 Å². The molecule has 0 saturated heterocycles. The molecule has 2 N–H and O–H groups in total. The Hall–Kier alpha value is -1.55. The molecule has 4 nitrogen and oxygen atoms in total. The average Bonchev–Trinajstić information content (AvgIpc) is 2.39. The maximum absolute atomic E-state index is 11.4. The number of aryl methyl sites for hydroxylation is 1. The van der Waals surface area contributed by atoms with Gasteiger partial charge in [-0.2, -0.15) is 0 Å². The second-order valence-corrected chi connectivity index (χ2v) is 4.60. The van der Waals surface area contributed by atoms with Crippen LogP contribution < -0.4 is 15.4 Å². The molecule has 0 aliphatic heterocycles. The molecule has 1 aromatic rings. The summed E-state index contributed by atoms with van der Waals surface area (Å²) in [6, 6.07) is 6.32. The predicted octanol–water partition coefficient (Wildman–Crippen LogP) is 2.18. The van der Waals surface area contributed by atoms with Crippen molar-refractivity contribution in [1.29, 1.82) is 0 Å². The first-order chi connectivity index (χ1) is 9.08. The van der Waals surface area contributed by atoms with Gasteiger partial charge in [-0.15, -0.1) is 0 Å². The van der Waals surface area contributed by atoms with Crippen LogP contribution in [0.4, 0.5) is 0 Å². The first kappa shape index (κ1) is 15.5. The molecule has 0 radical (unpaired) electrons. The van der Waals surface area contributed by atoms with Gasteiger partial charge in [0.05, 0.1) is 13.0 Å². The first-order valence-electron chi connectivity index (χ1n) is 6.75. The third kappa shape index (κ3) is 4.91. The normalized spacial score (nSPS) is 12.0. The molecule has 0 spiro atoms. The van der Waals surface area contributed by atoms with Gasteiger partial charge in [0.1, 0.15) is 5.75 Å². The Bertz CT molecular complexity index is 419. The van der Waals surface area contributed by atoms with E-state index in [9.17, 15) is 4.79 Å². The summed E-state index contributed by atoms with van der Waals surface area (Å²) in [5.74, 6) is 0.870. The van der Waals surface area contributed by atoms with E-state index < -0.39 is 0 Å². The first-order valence-corrected chi connectivity index (χ1v) is 6.75. The second kappa shape index (κ2) is 7.79. The van der Waals surface area contributed by atoms with Crippen molar-refractivity contribution in [3.05, 3.63) is 29.3 Å². The minimum absolute atomic E-state index is 0.0258. The van der Waals surface area contributed by atoms with E-state index in [2.05, 4.69) is 30.5 Å². The summed E-state index contributed by atoms with van der Waals surface area (Å²) in [5, 5.41) is 5.97. The maximum Gasteiger partial charge on any atom is 0.223 e. The standard InChI is InChI=1S/C15H24N2O2/c1-5-17-15(18)8-9-19-14-7-6-11(2)10-13(14)12(3)16-4/h6-7,10,12,16H,5,8-9H2,1-4H3,(H,17,18). The summed E-state index contributed by atoms with van der Waals surface area (Å²) >= 11 is 0. The van der Waals surface area contributed by atoms with Gasteiger partial charge < -0.3 is 15.4 Å². The fourth-order valence-electron chi connectivity index (χ4n) is 1.83. The molecule has 0 heterocycles. The van der Waals surface area contributed by atoms with Crippen LogP contribution in [-0.2, 0) is 4.79 Å². The van der Waals surface area contributed by atoms with Gasteiger partial charge in [0.25, 0.3) is 0 Å². The predicted molar refractivity (Wildman–Crippen MR) is 77.4 cm³/mol. The highest BCUT2D eigenvalue weighted by atomic mass is 16.5. The van der Waals surface area contributed by atoms with Crippen molar-refractivity contribution in [2.24, 2.45) is 0 Å².